The molecule has 5 nitrogen and oxygen atoms in total. The number of rotatable bonds is 4. The van der Waals surface area contributed by atoms with Crippen molar-refractivity contribution in [2.45, 2.75) is 30.6 Å². The number of para-hydroxylation sites is 1. The highest BCUT2D eigenvalue weighted by Crippen LogP contribution is 2.30. The summed E-state index contributed by atoms with van der Waals surface area (Å²) in [5.41, 5.74) is 4.55. The van der Waals surface area contributed by atoms with Crippen LogP contribution in [0.15, 0.2) is 52.0 Å². The number of anilines is 1. The molecule has 0 radical (unpaired) electrons. The van der Waals surface area contributed by atoms with Gasteiger partial charge in [0, 0.05) is 17.2 Å². The van der Waals surface area contributed by atoms with Crippen molar-refractivity contribution in [2.24, 2.45) is 0 Å². The number of benzene rings is 2. The number of hydrogen-bond donors (Lipinski definition) is 1. The van der Waals surface area contributed by atoms with Crippen molar-refractivity contribution in [1.29, 1.82) is 0 Å². The Morgan fingerprint density at radius 2 is 1.88 bits per heavy atom. The molecule has 1 aliphatic carbocycles. The molecule has 1 aromatic heterocycles. The first kappa shape index (κ1) is 16.8. The molecule has 2 aromatic carbocycles. The van der Waals surface area contributed by atoms with Crippen molar-refractivity contribution in [3.63, 3.8) is 0 Å². The van der Waals surface area contributed by atoms with Gasteiger partial charge in [-0.2, -0.15) is 0 Å². The van der Waals surface area contributed by atoms with E-state index in [9.17, 15) is 13.2 Å². The van der Waals surface area contributed by atoms with Gasteiger partial charge in [0.25, 0.3) is 0 Å². The molecule has 134 valence electrons. The fourth-order valence-corrected chi connectivity index (χ4v) is 4.39. The predicted octanol–water partition coefficient (Wildman–Crippen LogP) is 3.51. The highest BCUT2D eigenvalue weighted by molar-refractivity contribution is 7.90. The molecule has 0 saturated carbocycles. The van der Waals surface area contributed by atoms with Gasteiger partial charge in [0.05, 0.1) is 23.3 Å². The Kier molecular flexibility index (Phi) is 4.07. The Labute approximate surface area is 151 Å². The normalized spacial score (nSPS) is 13.7. The number of sulfone groups is 1. The molecule has 1 N–H and O–H groups in total. The van der Waals surface area contributed by atoms with E-state index in [-0.39, 0.29) is 17.2 Å². The standard InChI is InChI=1S/C20H19NO4S/c1-26(23,24)19-8-3-2-7-17(19)21-20(22)11-15-12-25-18-10-14-6-4-5-13(14)9-16(15)18/h2-3,7-10,12H,4-6,11H2,1H3,(H,21,22). The lowest BCUT2D eigenvalue weighted by molar-refractivity contribution is -0.115. The van der Waals surface area contributed by atoms with Gasteiger partial charge < -0.3 is 9.73 Å². The summed E-state index contributed by atoms with van der Waals surface area (Å²) >= 11 is 0. The Balaban J connectivity index is 1.59. The van der Waals surface area contributed by atoms with Crippen LogP contribution in [-0.2, 0) is 33.9 Å². The second-order valence-electron chi connectivity index (χ2n) is 6.72. The van der Waals surface area contributed by atoms with E-state index in [1.54, 1.807) is 24.5 Å². The van der Waals surface area contributed by atoms with Gasteiger partial charge in [-0.15, -0.1) is 0 Å². The smallest absolute Gasteiger partial charge is 0.228 e. The average molecular weight is 369 g/mol. The Morgan fingerprint density at radius 1 is 1.15 bits per heavy atom. The number of fused-ring (bicyclic) bond motifs is 2. The van der Waals surface area contributed by atoms with Gasteiger partial charge in [-0.05, 0) is 54.7 Å². The molecule has 1 heterocycles. The van der Waals surface area contributed by atoms with Crippen LogP contribution in [-0.4, -0.2) is 20.6 Å². The minimum atomic E-state index is -3.42. The van der Waals surface area contributed by atoms with Crippen LogP contribution in [0.5, 0.6) is 0 Å². The first-order chi connectivity index (χ1) is 12.4. The Hall–Kier alpha value is -2.60. The number of amides is 1. The van der Waals surface area contributed by atoms with Gasteiger partial charge in [0.1, 0.15) is 5.58 Å². The molecule has 4 rings (SSSR count). The van der Waals surface area contributed by atoms with E-state index in [0.29, 0.717) is 5.69 Å². The molecule has 0 fully saturated rings. The molecule has 1 aliphatic rings. The largest absolute Gasteiger partial charge is 0.464 e. The quantitative estimate of drug-likeness (QED) is 0.764. The van der Waals surface area contributed by atoms with Crippen LogP contribution in [0.1, 0.15) is 23.1 Å². The molecule has 3 aromatic rings. The number of aryl methyl sites for hydroxylation is 2. The molecule has 0 atom stereocenters. The molecule has 0 spiro atoms. The lowest BCUT2D eigenvalue weighted by atomic mass is 10.0. The van der Waals surface area contributed by atoms with Gasteiger partial charge in [-0.1, -0.05) is 12.1 Å². The summed E-state index contributed by atoms with van der Waals surface area (Å²) in [4.78, 5) is 12.6. The van der Waals surface area contributed by atoms with Gasteiger partial charge in [0.15, 0.2) is 9.84 Å². The van der Waals surface area contributed by atoms with E-state index in [2.05, 4.69) is 17.4 Å². The zero-order valence-electron chi connectivity index (χ0n) is 14.4. The van der Waals surface area contributed by atoms with Crippen molar-refractivity contribution >= 4 is 32.4 Å². The molecule has 26 heavy (non-hydrogen) atoms. The molecule has 0 bridgehead atoms. The van der Waals surface area contributed by atoms with Crippen LogP contribution in [0, 0.1) is 0 Å². The molecular weight excluding hydrogens is 350 g/mol. The Morgan fingerprint density at radius 3 is 2.65 bits per heavy atom. The number of hydrogen-bond acceptors (Lipinski definition) is 4. The summed E-state index contributed by atoms with van der Waals surface area (Å²) in [7, 11) is -3.42. The lowest BCUT2D eigenvalue weighted by Gasteiger charge is -2.09. The van der Waals surface area contributed by atoms with E-state index < -0.39 is 9.84 Å². The first-order valence-electron chi connectivity index (χ1n) is 8.52. The lowest BCUT2D eigenvalue weighted by Crippen LogP contribution is -2.16. The zero-order valence-corrected chi connectivity index (χ0v) is 15.2. The van der Waals surface area contributed by atoms with Gasteiger partial charge >= 0.3 is 0 Å². The van der Waals surface area contributed by atoms with Crippen molar-refractivity contribution in [3.05, 3.63) is 59.4 Å². The summed E-state index contributed by atoms with van der Waals surface area (Å²) in [5.74, 6) is -0.274. The second-order valence-corrected chi connectivity index (χ2v) is 8.71. The van der Waals surface area contributed by atoms with Gasteiger partial charge in [0.2, 0.25) is 5.91 Å². The topological polar surface area (TPSA) is 76.4 Å². The molecular formula is C20H19NO4S. The van der Waals surface area contributed by atoms with Crippen molar-refractivity contribution in [1.82, 2.24) is 0 Å². The van der Waals surface area contributed by atoms with E-state index in [1.165, 1.54) is 17.2 Å². The minimum Gasteiger partial charge on any atom is -0.464 e. The number of carbonyl (C=O) groups is 1. The minimum absolute atomic E-state index is 0.114. The summed E-state index contributed by atoms with van der Waals surface area (Å²) in [5, 5.41) is 3.67. The van der Waals surface area contributed by atoms with E-state index >= 15 is 0 Å². The molecule has 0 unspecified atom stereocenters. The van der Waals surface area contributed by atoms with Gasteiger partial charge in [-0.3, -0.25) is 4.79 Å². The van der Waals surface area contributed by atoms with Gasteiger partial charge in [-0.25, -0.2) is 8.42 Å². The summed E-state index contributed by atoms with van der Waals surface area (Å²) in [6.45, 7) is 0. The summed E-state index contributed by atoms with van der Waals surface area (Å²) in [6.07, 6.45) is 6.15. The van der Waals surface area contributed by atoms with Crippen LogP contribution < -0.4 is 5.32 Å². The maximum absolute atomic E-state index is 12.5. The van der Waals surface area contributed by atoms with Crippen LogP contribution in [0.4, 0.5) is 5.69 Å². The maximum atomic E-state index is 12.5. The third-order valence-corrected chi connectivity index (χ3v) is 5.93. The number of nitrogens with one attached hydrogen (secondary N) is 1. The summed E-state index contributed by atoms with van der Waals surface area (Å²) in [6, 6.07) is 10.6. The van der Waals surface area contributed by atoms with Crippen LogP contribution >= 0.6 is 0 Å². The fourth-order valence-electron chi connectivity index (χ4n) is 3.55. The monoisotopic (exact) mass is 369 g/mol. The van der Waals surface area contributed by atoms with Crippen LogP contribution in [0.3, 0.4) is 0 Å². The maximum Gasteiger partial charge on any atom is 0.228 e. The van der Waals surface area contributed by atoms with E-state index in [0.717, 1.165) is 42.1 Å². The average Bonchev–Trinajstić information content (AvgIpc) is 3.19. The zero-order chi connectivity index (χ0) is 18.3. The molecule has 0 aliphatic heterocycles. The van der Waals surface area contributed by atoms with Crippen molar-refractivity contribution in [3.8, 4) is 0 Å². The predicted molar refractivity (Wildman–Crippen MR) is 100 cm³/mol. The van der Waals surface area contributed by atoms with Crippen molar-refractivity contribution in [2.75, 3.05) is 11.6 Å². The first-order valence-corrected chi connectivity index (χ1v) is 10.4. The molecule has 6 heteroatoms. The number of carbonyl (C=O) groups excluding carboxylic acids is 1. The van der Waals surface area contributed by atoms with E-state index in [4.69, 9.17) is 4.42 Å². The van der Waals surface area contributed by atoms with Crippen LogP contribution in [0.2, 0.25) is 0 Å². The van der Waals surface area contributed by atoms with Crippen molar-refractivity contribution < 1.29 is 17.6 Å². The fraction of sp³-hybridized carbons (Fsp3) is 0.250. The third-order valence-electron chi connectivity index (χ3n) is 4.78. The molecule has 1 amide bonds. The molecule has 0 saturated heterocycles. The number of furan rings is 1. The third kappa shape index (κ3) is 3.12. The highest BCUT2D eigenvalue weighted by Gasteiger charge is 2.18. The highest BCUT2D eigenvalue weighted by atomic mass is 32.2. The van der Waals surface area contributed by atoms with E-state index in [1.807, 2.05) is 0 Å². The van der Waals surface area contributed by atoms with Crippen LogP contribution in [0.25, 0.3) is 11.0 Å². The summed E-state index contributed by atoms with van der Waals surface area (Å²) < 4.78 is 29.4. The SMILES string of the molecule is CS(=O)(=O)c1ccccc1NC(=O)Cc1coc2cc3c(cc12)CCC3. The Bertz CT molecular complexity index is 1110. The second kappa shape index (κ2) is 6.29.